The van der Waals surface area contributed by atoms with Crippen molar-refractivity contribution in [1.82, 2.24) is 0 Å². The molecular weight excluding hydrogens is 234 g/mol. The van der Waals surface area contributed by atoms with E-state index in [4.69, 9.17) is 9.73 Å². The highest BCUT2D eigenvalue weighted by molar-refractivity contribution is 5.96. The Balaban J connectivity index is 1.94. The second-order valence-electron chi connectivity index (χ2n) is 4.93. The van der Waals surface area contributed by atoms with Crippen molar-refractivity contribution in [3.8, 4) is 0 Å². The highest BCUT2D eigenvalue weighted by atomic mass is 16.5. The molecule has 1 aliphatic heterocycles. The van der Waals surface area contributed by atoms with E-state index in [1.54, 1.807) is 0 Å². The van der Waals surface area contributed by atoms with Gasteiger partial charge in [0.25, 0.3) is 0 Å². The molecular formula is C17H17NO. The number of nitrogens with zero attached hydrogens (tertiary/aromatic N) is 1. The first-order valence-corrected chi connectivity index (χ1v) is 6.58. The number of aryl methyl sites for hydroxylation is 2. The molecule has 0 aliphatic carbocycles. The average molecular weight is 251 g/mol. The van der Waals surface area contributed by atoms with Gasteiger partial charge in [-0.15, -0.1) is 0 Å². The lowest BCUT2D eigenvalue weighted by Crippen LogP contribution is -2.03. The van der Waals surface area contributed by atoms with Crippen molar-refractivity contribution in [2.75, 3.05) is 6.61 Å². The SMILES string of the molecule is Cc1ccccc1C1=NC(c2ccccc2C)CO1. The maximum absolute atomic E-state index is 5.79. The molecule has 19 heavy (non-hydrogen) atoms. The molecule has 3 rings (SSSR count). The summed E-state index contributed by atoms with van der Waals surface area (Å²) >= 11 is 0. The van der Waals surface area contributed by atoms with E-state index in [-0.39, 0.29) is 6.04 Å². The Bertz CT molecular complexity index is 631. The quantitative estimate of drug-likeness (QED) is 0.795. The molecule has 0 saturated carbocycles. The fourth-order valence-corrected chi connectivity index (χ4v) is 2.45. The van der Waals surface area contributed by atoms with Crippen LogP contribution in [0.2, 0.25) is 0 Å². The lowest BCUT2D eigenvalue weighted by molar-refractivity contribution is 0.319. The van der Waals surface area contributed by atoms with Crippen LogP contribution in [0.3, 0.4) is 0 Å². The van der Waals surface area contributed by atoms with Crippen LogP contribution in [-0.2, 0) is 4.74 Å². The van der Waals surface area contributed by atoms with Gasteiger partial charge in [0.1, 0.15) is 12.6 Å². The number of benzene rings is 2. The predicted octanol–water partition coefficient (Wildman–Crippen LogP) is 3.82. The van der Waals surface area contributed by atoms with Crippen molar-refractivity contribution in [2.45, 2.75) is 19.9 Å². The Morgan fingerprint density at radius 1 is 0.947 bits per heavy atom. The van der Waals surface area contributed by atoms with Gasteiger partial charge in [-0.25, -0.2) is 4.99 Å². The molecule has 2 heteroatoms. The smallest absolute Gasteiger partial charge is 0.217 e. The van der Waals surface area contributed by atoms with Crippen molar-refractivity contribution in [3.63, 3.8) is 0 Å². The second-order valence-corrected chi connectivity index (χ2v) is 4.93. The number of hydrogen-bond donors (Lipinski definition) is 0. The van der Waals surface area contributed by atoms with Gasteiger partial charge in [-0.3, -0.25) is 0 Å². The van der Waals surface area contributed by atoms with Crippen LogP contribution in [0.15, 0.2) is 53.5 Å². The molecule has 0 spiro atoms. The molecule has 2 aromatic rings. The topological polar surface area (TPSA) is 21.6 Å². The zero-order valence-electron chi connectivity index (χ0n) is 11.3. The highest BCUT2D eigenvalue weighted by Gasteiger charge is 2.23. The number of ether oxygens (including phenoxy) is 1. The maximum Gasteiger partial charge on any atom is 0.217 e. The summed E-state index contributed by atoms with van der Waals surface area (Å²) in [7, 11) is 0. The molecule has 0 radical (unpaired) electrons. The second kappa shape index (κ2) is 4.88. The third-order valence-corrected chi connectivity index (χ3v) is 3.57. The van der Waals surface area contributed by atoms with Gasteiger partial charge < -0.3 is 4.74 Å². The zero-order valence-corrected chi connectivity index (χ0v) is 11.3. The molecule has 0 saturated heterocycles. The minimum absolute atomic E-state index is 0.121. The molecule has 1 heterocycles. The summed E-state index contributed by atoms with van der Waals surface area (Å²) < 4.78 is 5.79. The van der Waals surface area contributed by atoms with Crippen LogP contribution in [0.5, 0.6) is 0 Å². The van der Waals surface area contributed by atoms with Gasteiger partial charge in [0.2, 0.25) is 5.90 Å². The van der Waals surface area contributed by atoms with Crippen LogP contribution in [0, 0.1) is 13.8 Å². The minimum Gasteiger partial charge on any atom is -0.475 e. The van der Waals surface area contributed by atoms with Crippen LogP contribution in [-0.4, -0.2) is 12.5 Å². The van der Waals surface area contributed by atoms with Gasteiger partial charge in [-0.05, 0) is 36.6 Å². The lowest BCUT2D eigenvalue weighted by atomic mass is 10.0. The van der Waals surface area contributed by atoms with Gasteiger partial charge in [-0.2, -0.15) is 0 Å². The van der Waals surface area contributed by atoms with Crippen LogP contribution < -0.4 is 0 Å². The van der Waals surface area contributed by atoms with Gasteiger partial charge in [0.15, 0.2) is 0 Å². The molecule has 0 fully saturated rings. The van der Waals surface area contributed by atoms with Gasteiger partial charge in [0.05, 0.1) is 0 Å². The Hall–Kier alpha value is -2.09. The molecule has 1 unspecified atom stereocenters. The summed E-state index contributed by atoms with van der Waals surface area (Å²) in [5, 5.41) is 0. The van der Waals surface area contributed by atoms with Crippen molar-refractivity contribution in [1.29, 1.82) is 0 Å². The molecule has 1 atom stereocenters. The molecule has 96 valence electrons. The first-order valence-electron chi connectivity index (χ1n) is 6.58. The monoisotopic (exact) mass is 251 g/mol. The summed E-state index contributed by atoms with van der Waals surface area (Å²) in [4.78, 5) is 4.74. The number of rotatable bonds is 2. The van der Waals surface area contributed by atoms with Crippen LogP contribution in [0.25, 0.3) is 0 Å². The summed E-state index contributed by atoms with van der Waals surface area (Å²) in [5.74, 6) is 0.770. The van der Waals surface area contributed by atoms with Gasteiger partial charge in [0, 0.05) is 5.56 Å². The molecule has 2 nitrogen and oxygen atoms in total. The summed E-state index contributed by atoms with van der Waals surface area (Å²) in [6.45, 7) is 4.84. The lowest BCUT2D eigenvalue weighted by Gasteiger charge is -2.08. The summed E-state index contributed by atoms with van der Waals surface area (Å²) in [6, 6.07) is 16.7. The van der Waals surface area contributed by atoms with E-state index in [1.807, 2.05) is 12.1 Å². The first kappa shape index (κ1) is 12.0. The Morgan fingerprint density at radius 2 is 1.63 bits per heavy atom. The summed E-state index contributed by atoms with van der Waals surface area (Å²) in [5.41, 5.74) is 4.82. The van der Waals surface area contributed by atoms with E-state index in [1.165, 1.54) is 16.7 Å². The number of aliphatic imine (C=N–C) groups is 1. The standard InChI is InChI=1S/C17H17NO/c1-12-7-3-5-9-14(12)16-11-19-17(18-16)15-10-6-4-8-13(15)2/h3-10,16H,11H2,1-2H3. The maximum atomic E-state index is 5.79. The molecule has 0 bridgehead atoms. The Kier molecular flexibility index (Phi) is 3.08. The Labute approximate surface area is 113 Å². The van der Waals surface area contributed by atoms with Crippen LogP contribution in [0.4, 0.5) is 0 Å². The van der Waals surface area contributed by atoms with Crippen molar-refractivity contribution < 1.29 is 4.74 Å². The number of hydrogen-bond acceptors (Lipinski definition) is 2. The fraction of sp³-hybridized carbons (Fsp3) is 0.235. The zero-order chi connectivity index (χ0) is 13.2. The normalized spacial score (nSPS) is 18.0. The molecule has 0 N–H and O–H groups in total. The molecule has 1 aliphatic rings. The first-order chi connectivity index (χ1) is 9.25. The fourth-order valence-electron chi connectivity index (χ4n) is 2.45. The molecule has 2 aromatic carbocycles. The van der Waals surface area contributed by atoms with Gasteiger partial charge >= 0.3 is 0 Å². The van der Waals surface area contributed by atoms with Crippen molar-refractivity contribution in [3.05, 3.63) is 70.8 Å². The molecule has 0 amide bonds. The van der Waals surface area contributed by atoms with E-state index in [0.717, 1.165) is 11.5 Å². The van der Waals surface area contributed by atoms with Gasteiger partial charge in [-0.1, -0.05) is 42.5 Å². The third-order valence-electron chi connectivity index (χ3n) is 3.57. The largest absolute Gasteiger partial charge is 0.475 e. The highest BCUT2D eigenvalue weighted by Crippen LogP contribution is 2.27. The van der Waals surface area contributed by atoms with E-state index in [0.29, 0.717) is 6.61 Å². The van der Waals surface area contributed by atoms with E-state index >= 15 is 0 Å². The van der Waals surface area contributed by atoms with Crippen LogP contribution >= 0.6 is 0 Å². The van der Waals surface area contributed by atoms with Crippen molar-refractivity contribution >= 4 is 5.90 Å². The third kappa shape index (κ3) is 2.26. The average Bonchev–Trinajstić information content (AvgIpc) is 2.89. The van der Waals surface area contributed by atoms with E-state index in [2.05, 4.69) is 50.2 Å². The van der Waals surface area contributed by atoms with Crippen molar-refractivity contribution in [2.24, 2.45) is 4.99 Å². The predicted molar refractivity (Wildman–Crippen MR) is 77.6 cm³/mol. The summed E-state index contributed by atoms with van der Waals surface area (Å²) in [6.07, 6.45) is 0. The Morgan fingerprint density at radius 3 is 2.37 bits per heavy atom. The minimum atomic E-state index is 0.121. The van der Waals surface area contributed by atoms with Crippen LogP contribution in [0.1, 0.15) is 28.3 Å². The molecule has 0 aromatic heterocycles. The van der Waals surface area contributed by atoms with E-state index < -0.39 is 0 Å². The van der Waals surface area contributed by atoms with E-state index in [9.17, 15) is 0 Å².